The van der Waals surface area contributed by atoms with Gasteiger partial charge in [-0.15, -0.1) is 11.3 Å². The minimum absolute atomic E-state index is 0.0155. The molecule has 5 nitrogen and oxygen atoms in total. The third-order valence-corrected chi connectivity index (χ3v) is 8.15. The van der Waals surface area contributed by atoms with Gasteiger partial charge in [0.05, 0.1) is 22.5 Å². The van der Waals surface area contributed by atoms with Crippen LogP contribution in [0.5, 0.6) is 0 Å². The molecule has 2 fully saturated rings. The van der Waals surface area contributed by atoms with Gasteiger partial charge in [-0.25, -0.2) is 12.8 Å². The summed E-state index contributed by atoms with van der Waals surface area (Å²) >= 11 is 1.34. The number of sulfone groups is 1. The van der Waals surface area contributed by atoms with E-state index >= 15 is 0 Å². The maximum Gasteiger partial charge on any atom is 0.264 e. The van der Waals surface area contributed by atoms with Crippen molar-refractivity contribution in [2.24, 2.45) is 0 Å². The molecule has 0 N–H and O–H groups in total. The zero-order valence-corrected chi connectivity index (χ0v) is 17.0. The van der Waals surface area contributed by atoms with Gasteiger partial charge >= 0.3 is 0 Å². The molecule has 0 spiro atoms. The van der Waals surface area contributed by atoms with Crippen LogP contribution in [0.1, 0.15) is 28.9 Å². The number of hydrogen-bond acceptors (Lipinski definition) is 5. The third kappa shape index (κ3) is 4.29. The summed E-state index contributed by atoms with van der Waals surface area (Å²) in [5.74, 6) is -0.322. The first-order valence-corrected chi connectivity index (χ1v) is 12.0. The van der Waals surface area contributed by atoms with Gasteiger partial charge in [-0.3, -0.25) is 4.79 Å². The van der Waals surface area contributed by atoms with Crippen molar-refractivity contribution in [2.75, 3.05) is 24.7 Å². The van der Waals surface area contributed by atoms with Crippen LogP contribution >= 0.6 is 11.3 Å². The largest absolute Gasteiger partial charge is 0.376 e. The van der Waals surface area contributed by atoms with Crippen LogP contribution in [0.4, 0.5) is 4.39 Å². The molecule has 2 aromatic rings. The van der Waals surface area contributed by atoms with E-state index in [2.05, 4.69) is 0 Å². The molecule has 2 aliphatic rings. The van der Waals surface area contributed by atoms with Crippen molar-refractivity contribution in [3.8, 4) is 10.4 Å². The Bertz CT molecular complexity index is 949. The molecule has 1 aromatic heterocycles. The first-order valence-electron chi connectivity index (χ1n) is 9.40. The zero-order chi connectivity index (χ0) is 19.7. The molecular formula is C20H22FNO4S2. The molecule has 1 amide bonds. The summed E-state index contributed by atoms with van der Waals surface area (Å²) in [6.45, 7) is 1.10. The number of carbonyl (C=O) groups excluding carboxylic acids is 1. The molecule has 2 saturated heterocycles. The summed E-state index contributed by atoms with van der Waals surface area (Å²) in [6, 6.07) is 9.45. The molecule has 3 heterocycles. The van der Waals surface area contributed by atoms with Crippen molar-refractivity contribution in [3.05, 3.63) is 47.1 Å². The summed E-state index contributed by atoms with van der Waals surface area (Å²) in [4.78, 5) is 16.4. The highest BCUT2D eigenvalue weighted by molar-refractivity contribution is 7.91. The van der Waals surface area contributed by atoms with Crippen LogP contribution in [0, 0.1) is 5.82 Å². The minimum atomic E-state index is -3.10. The van der Waals surface area contributed by atoms with Gasteiger partial charge in [-0.05, 0) is 49.1 Å². The lowest BCUT2D eigenvalue weighted by atomic mass is 10.1. The predicted molar refractivity (Wildman–Crippen MR) is 107 cm³/mol. The number of thiophene rings is 1. The molecule has 0 bridgehead atoms. The van der Waals surface area contributed by atoms with E-state index in [9.17, 15) is 17.6 Å². The van der Waals surface area contributed by atoms with Gasteiger partial charge in [-0.1, -0.05) is 12.1 Å². The van der Waals surface area contributed by atoms with Crippen molar-refractivity contribution in [2.45, 2.75) is 31.4 Å². The number of ether oxygens (including phenoxy) is 1. The number of nitrogens with zero attached hydrogens (tertiary/aromatic N) is 1. The molecule has 0 aliphatic carbocycles. The number of carbonyl (C=O) groups is 1. The van der Waals surface area contributed by atoms with Crippen molar-refractivity contribution >= 4 is 27.1 Å². The molecule has 150 valence electrons. The number of amides is 1. The van der Waals surface area contributed by atoms with E-state index in [-0.39, 0.29) is 35.4 Å². The Morgan fingerprint density at radius 3 is 2.61 bits per heavy atom. The Morgan fingerprint density at radius 2 is 1.96 bits per heavy atom. The zero-order valence-electron chi connectivity index (χ0n) is 15.3. The van der Waals surface area contributed by atoms with Crippen LogP contribution < -0.4 is 0 Å². The smallest absolute Gasteiger partial charge is 0.264 e. The summed E-state index contributed by atoms with van der Waals surface area (Å²) in [5, 5.41) is 0. The van der Waals surface area contributed by atoms with E-state index < -0.39 is 9.84 Å². The van der Waals surface area contributed by atoms with Crippen LogP contribution in [0.3, 0.4) is 0 Å². The van der Waals surface area contributed by atoms with Crippen LogP contribution in [0.15, 0.2) is 36.4 Å². The summed E-state index contributed by atoms with van der Waals surface area (Å²) in [6.07, 6.45) is 2.28. The van der Waals surface area contributed by atoms with E-state index in [1.54, 1.807) is 23.1 Å². The highest BCUT2D eigenvalue weighted by Gasteiger charge is 2.37. The van der Waals surface area contributed by atoms with E-state index in [0.29, 0.717) is 24.4 Å². The Hall–Kier alpha value is -1.77. The van der Waals surface area contributed by atoms with Crippen molar-refractivity contribution < 1.29 is 22.3 Å². The highest BCUT2D eigenvalue weighted by atomic mass is 32.2. The molecule has 1 aromatic carbocycles. The third-order valence-electron chi connectivity index (χ3n) is 5.28. The molecule has 28 heavy (non-hydrogen) atoms. The molecule has 2 unspecified atom stereocenters. The lowest BCUT2D eigenvalue weighted by Crippen LogP contribution is -2.45. The Balaban J connectivity index is 1.57. The van der Waals surface area contributed by atoms with Crippen LogP contribution in [-0.4, -0.2) is 56.0 Å². The van der Waals surface area contributed by atoms with E-state index in [1.807, 2.05) is 6.07 Å². The summed E-state index contributed by atoms with van der Waals surface area (Å²) in [7, 11) is -3.10. The number of rotatable bonds is 5. The van der Waals surface area contributed by atoms with Crippen molar-refractivity contribution in [1.29, 1.82) is 0 Å². The Kier molecular flexibility index (Phi) is 5.53. The van der Waals surface area contributed by atoms with Gasteiger partial charge in [0.2, 0.25) is 0 Å². The molecule has 2 atom stereocenters. The van der Waals surface area contributed by atoms with E-state index in [1.165, 1.54) is 23.5 Å². The maximum absolute atomic E-state index is 13.3. The second-order valence-corrected chi connectivity index (χ2v) is 10.6. The number of hydrogen-bond donors (Lipinski definition) is 0. The fraction of sp³-hybridized carbons (Fsp3) is 0.450. The minimum Gasteiger partial charge on any atom is -0.376 e. The fourth-order valence-electron chi connectivity index (χ4n) is 3.79. The van der Waals surface area contributed by atoms with E-state index in [0.717, 1.165) is 23.3 Å². The molecule has 4 rings (SSSR count). The highest BCUT2D eigenvalue weighted by Crippen LogP contribution is 2.31. The molecule has 0 radical (unpaired) electrons. The lowest BCUT2D eigenvalue weighted by molar-refractivity contribution is 0.0445. The Morgan fingerprint density at radius 1 is 1.18 bits per heavy atom. The second-order valence-electron chi connectivity index (χ2n) is 7.32. The number of benzene rings is 1. The van der Waals surface area contributed by atoms with E-state index in [4.69, 9.17) is 4.74 Å². The normalized spacial score (nSPS) is 23.8. The van der Waals surface area contributed by atoms with Crippen LogP contribution in [0.25, 0.3) is 10.4 Å². The van der Waals surface area contributed by atoms with Gasteiger partial charge in [0.15, 0.2) is 9.84 Å². The standard InChI is InChI=1S/C20H22FNO4S2/c21-15-5-3-14(4-6-15)18-7-8-19(27-18)20(23)22(12-17-2-1-10-26-17)16-9-11-28(24,25)13-16/h3-8,16-17H,1-2,9-13H2. The van der Waals surface area contributed by atoms with Crippen LogP contribution in [0.2, 0.25) is 0 Å². The topological polar surface area (TPSA) is 63.7 Å². The maximum atomic E-state index is 13.3. The average molecular weight is 424 g/mol. The average Bonchev–Trinajstić information content (AvgIpc) is 3.40. The predicted octanol–water partition coefficient (Wildman–Crippen LogP) is 3.36. The second kappa shape index (κ2) is 7.93. The fourth-order valence-corrected chi connectivity index (χ4v) is 6.49. The number of halogens is 1. The SMILES string of the molecule is O=C(c1ccc(-c2ccc(F)cc2)s1)N(CC1CCCO1)C1CCS(=O)(=O)C1. The molecular weight excluding hydrogens is 401 g/mol. The van der Waals surface area contributed by atoms with Crippen LogP contribution in [-0.2, 0) is 14.6 Å². The summed E-state index contributed by atoms with van der Waals surface area (Å²) < 4.78 is 42.8. The Labute approximate surface area is 168 Å². The molecule has 8 heteroatoms. The van der Waals surface area contributed by atoms with Gasteiger partial charge in [0.1, 0.15) is 5.82 Å². The lowest BCUT2D eigenvalue weighted by Gasteiger charge is -2.30. The monoisotopic (exact) mass is 423 g/mol. The van der Waals surface area contributed by atoms with Gasteiger partial charge < -0.3 is 9.64 Å². The first-order chi connectivity index (χ1) is 13.4. The van der Waals surface area contributed by atoms with Crippen molar-refractivity contribution in [1.82, 2.24) is 4.90 Å². The van der Waals surface area contributed by atoms with Gasteiger partial charge in [0, 0.05) is 24.1 Å². The first kappa shape index (κ1) is 19.5. The van der Waals surface area contributed by atoms with Crippen molar-refractivity contribution in [3.63, 3.8) is 0 Å². The quantitative estimate of drug-likeness (QED) is 0.740. The molecule has 0 saturated carbocycles. The van der Waals surface area contributed by atoms with Gasteiger partial charge in [-0.2, -0.15) is 0 Å². The van der Waals surface area contributed by atoms with Gasteiger partial charge in [0.25, 0.3) is 5.91 Å². The summed E-state index contributed by atoms with van der Waals surface area (Å²) in [5.41, 5.74) is 0.847. The molecule has 2 aliphatic heterocycles.